The molecule has 3 rings (SSSR count). The Bertz CT molecular complexity index is 787. The number of hydrogen-bond acceptors (Lipinski definition) is 2. The quantitative estimate of drug-likeness (QED) is 0.631. The molecule has 1 aromatic heterocycles. The van der Waals surface area contributed by atoms with E-state index in [4.69, 9.17) is 5.26 Å². The lowest BCUT2D eigenvalue weighted by Gasteiger charge is -2.08. The van der Waals surface area contributed by atoms with Crippen molar-refractivity contribution in [3.05, 3.63) is 52.8 Å². The van der Waals surface area contributed by atoms with Gasteiger partial charge in [0, 0.05) is 22.3 Å². The average Bonchev–Trinajstić information content (AvgIpc) is 2.39. The Balaban J connectivity index is 2.51. The normalized spacial score (nSPS) is 10.7. The maximum absolute atomic E-state index is 8.93. The van der Waals surface area contributed by atoms with E-state index in [1.54, 1.807) is 6.20 Å². The van der Waals surface area contributed by atoms with Gasteiger partial charge in [0.2, 0.25) is 0 Å². The second-order valence-corrected chi connectivity index (χ2v) is 5.07. The first-order valence-electron chi connectivity index (χ1n) is 5.61. The number of aromatic nitrogens is 1. The number of pyridine rings is 1. The number of halogens is 1. The Morgan fingerprint density at radius 3 is 2.83 bits per heavy atom. The van der Waals surface area contributed by atoms with Gasteiger partial charge in [0.25, 0.3) is 0 Å². The molecular formula is C15H9BrN2. The van der Waals surface area contributed by atoms with Crippen LogP contribution in [-0.2, 0) is 6.42 Å². The Hall–Kier alpha value is -1.92. The number of fused-ring (bicyclic) bond motifs is 3. The molecule has 86 valence electrons. The molecule has 0 saturated heterocycles. The molecule has 0 bridgehead atoms. The summed E-state index contributed by atoms with van der Waals surface area (Å²) in [5.41, 5.74) is 1.07. The lowest BCUT2D eigenvalue weighted by molar-refractivity contribution is 1.29. The molecule has 1 heterocycles. The molecule has 0 N–H and O–H groups in total. The smallest absolute Gasteiger partial charge is 0.0669 e. The summed E-state index contributed by atoms with van der Waals surface area (Å²) in [4.78, 5) is 4.19. The summed E-state index contributed by atoms with van der Waals surface area (Å²) in [6, 6.07) is 12.4. The van der Waals surface area contributed by atoms with E-state index in [0.717, 1.165) is 31.6 Å². The molecule has 0 radical (unpaired) electrons. The van der Waals surface area contributed by atoms with E-state index >= 15 is 0 Å². The van der Waals surface area contributed by atoms with Gasteiger partial charge in [-0.15, -0.1) is 0 Å². The van der Waals surface area contributed by atoms with Gasteiger partial charge in [0.05, 0.1) is 12.5 Å². The van der Waals surface area contributed by atoms with Crippen molar-refractivity contribution < 1.29 is 0 Å². The largest absolute Gasteiger partial charge is 0.264 e. The maximum atomic E-state index is 8.93. The van der Waals surface area contributed by atoms with Crippen LogP contribution in [0.2, 0.25) is 0 Å². The van der Waals surface area contributed by atoms with Crippen molar-refractivity contribution >= 4 is 37.5 Å². The van der Waals surface area contributed by atoms with Gasteiger partial charge in [-0.1, -0.05) is 22.0 Å². The van der Waals surface area contributed by atoms with Gasteiger partial charge in [0.15, 0.2) is 0 Å². The molecule has 0 amide bonds. The van der Waals surface area contributed by atoms with Crippen molar-refractivity contribution in [2.75, 3.05) is 0 Å². The fourth-order valence-electron chi connectivity index (χ4n) is 2.27. The summed E-state index contributed by atoms with van der Waals surface area (Å²) in [7, 11) is 0. The van der Waals surface area contributed by atoms with E-state index in [9.17, 15) is 0 Å². The highest BCUT2D eigenvalue weighted by atomic mass is 79.9. The predicted octanol–water partition coefficient (Wildman–Crippen LogP) is 4.22. The van der Waals surface area contributed by atoms with Crippen LogP contribution in [0.25, 0.3) is 21.5 Å². The van der Waals surface area contributed by atoms with Crippen LogP contribution >= 0.6 is 15.9 Å². The Labute approximate surface area is 113 Å². The topological polar surface area (TPSA) is 36.7 Å². The van der Waals surface area contributed by atoms with Crippen LogP contribution in [0.3, 0.4) is 0 Å². The van der Waals surface area contributed by atoms with Gasteiger partial charge in [-0.25, -0.2) is 0 Å². The highest BCUT2D eigenvalue weighted by Crippen LogP contribution is 2.30. The van der Waals surface area contributed by atoms with E-state index in [-0.39, 0.29) is 0 Å². The Morgan fingerprint density at radius 1 is 1.11 bits per heavy atom. The standard InChI is InChI=1S/C15H9BrN2/c16-12-1-2-13-10(3-5-17)7-11-4-6-18-9-15(11)14(13)8-12/h1-2,4,6-9H,3H2. The Kier molecular flexibility index (Phi) is 2.73. The molecule has 0 fully saturated rings. The van der Waals surface area contributed by atoms with E-state index in [2.05, 4.69) is 45.2 Å². The highest BCUT2D eigenvalue weighted by molar-refractivity contribution is 9.10. The van der Waals surface area contributed by atoms with Crippen LogP contribution in [0.5, 0.6) is 0 Å². The number of hydrogen-bond donors (Lipinski definition) is 0. The third-order valence-electron chi connectivity index (χ3n) is 3.07. The fourth-order valence-corrected chi connectivity index (χ4v) is 2.63. The van der Waals surface area contributed by atoms with E-state index < -0.39 is 0 Å². The number of nitriles is 1. The van der Waals surface area contributed by atoms with Crippen molar-refractivity contribution in [3.63, 3.8) is 0 Å². The minimum atomic E-state index is 0.427. The molecule has 2 aromatic carbocycles. The van der Waals surface area contributed by atoms with Crippen molar-refractivity contribution in [3.8, 4) is 6.07 Å². The molecule has 18 heavy (non-hydrogen) atoms. The number of nitrogens with zero attached hydrogens (tertiary/aromatic N) is 2. The molecule has 0 aliphatic rings. The third kappa shape index (κ3) is 1.75. The molecule has 0 unspecified atom stereocenters. The van der Waals surface area contributed by atoms with Crippen LogP contribution in [-0.4, -0.2) is 4.98 Å². The molecule has 0 atom stereocenters. The zero-order valence-electron chi connectivity index (χ0n) is 9.52. The van der Waals surface area contributed by atoms with Crippen LogP contribution in [0.15, 0.2) is 47.2 Å². The minimum Gasteiger partial charge on any atom is -0.264 e. The maximum Gasteiger partial charge on any atom is 0.0669 e. The molecule has 2 nitrogen and oxygen atoms in total. The first kappa shape index (κ1) is 11.2. The first-order valence-corrected chi connectivity index (χ1v) is 6.41. The monoisotopic (exact) mass is 296 g/mol. The van der Waals surface area contributed by atoms with Crippen LogP contribution < -0.4 is 0 Å². The molecule has 0 aliphatic carbocycles. The summed E-state index contributed by atoms with van der Waals surface area (Å²) >= 11 is 3.50. The lowest BCUT2D eigenvalue weighted by Crippen LogP contribution is -1.88. The van der Waals surface area contributed by atoms with Gasteiger partial charge in [-0.3, -0.25) is 4.98 Å². The van der Waals surface area contributed by atoms with Gasteiger partial charge in [0.1, 0.15) is 0 Å². The van der Waals surface area contributed by atoms with Crippen LogP contribution in [0.1, 0.15) is 5.56 Å². The molecule has 0 aliphatic heterocycles. The Morgan fingerprint density at radius 2 is 2.00 bits per heavy atom. The highest BCUT2D eigenvalue weighted by Gasteiger charge is 2.06. The van der Waals surface area contributed by atoms with Crippen molar-refractivity contribution in [2.45, 2.75) is 6.42 Å². The van der Waals surface area contributed by atoms with Crippen molar-refractivity contribution in [1.29, 1.82) is 5.26 Å². The SMILES string of the molecule is N#CCc1cc2ccncc2c2cc(Br)ccc12. The first-order chi connectivity index (χ1) is 8.79. The minimum absolute atomic E-state index is 0.427. The van der Waals surface area contributed by atoms with Crippen LogP contribution in [0.4, 0.5) is 0 Å². The third-order valence-corrected chi connectivity index (χ3v) is 3.57. The zero-order valence-corrected chi connectivity index (χ0v) is 11.1. The molecule has 0 saturated carbocycles. The van der Waals surface area contributed by atoms with Crippen LogP contribution in [0, 0.1) is 11.3 Å². The molecule has 3 heteroatoms. The average molecular weight is 297 g/mol. The predicted molar refractivity (Wildman–Crippen MR) is 76.3 cm³/mol. The molecule has 3 aromatic rings. The van der Waals surface area contributed by atoms with Crippen molar-refractivity contribution in [2.24, 2.45) is 0 Å². The van der Waals surface area contributed by atoms with Gasteiger partial charge < -0.3 is 0 Å². The van der Waals surface area contributed by atoms with Gasteiger partial charge >= 0.3 is 0 Å². The number of rotatable bonds is 1. The number of benzene rings is 2. The second kappa shape index (κ2) is 4.40. The summed E-state index contributed by atoms with van der Waals surface area (Å²) in [5, 5.41) is 13.4. The summed E-state index contributed by atoms with van der Waals surface area (Å²) in [6.45, 7) is 0. The summed E-state index contributed by atoms with van der Waals surface area (Å²) in [6.07, 6.45) is 4.08. The fraction of sp³-hybridized carbons (Fsp3) is 0.0667. The van der Waals surface area contributed by atoms with E-state index in [0.29, 0.717) is 6.42 Å². The second-order valence-electron chi connectivity index (χ2n) is 4.16. The zero-order chi connectivity index (χ0) is 12.5. The van der Waals surface area contributed by atoms with E-state index in [1.807, 2.05) is 18.3 Å². The lowest BCUT2D eigenvalue weighted by atomic mass is 9.97. The molecular weight excluding hydrogens is 288 g/mol. The van der Waals surface area contributed by atoms with Crippen molar-refractivity contribution in [1.82, 2.24) is 4.98 Å². The van der Waals surface area contributed by atoms with Gasteiger partial charge in [-0.05, 0) is 46.0 Å². The molecule has 0 spiro atoms. The van der Waals surface area contributed by atoms with E-state index in [1.165, 1.54) is 0 Å². The van der Waals surface area contributed by atoms with Gasteiger partial charge in [-0.2, -0.15) is 5.26 Å². The summed E-state index contributed by atoms with van der Waals surface area (Å²) in [5.74, 6) is 0. The summed E-state index contributed by atoms with van der Waals surface area (Å²) < 4.78 is 1.04.